The van der Waals surface area contributed by atoms with E-state index < -0.39 is 0 Å². The number of aryl methyl sites for hydroxylation is 1. The van der Waals surface area contributed by atoms with Crippen molar-refractivity contribution in [3.63, 3.8) is 0 Å². The van der Waals surface area contributed by atoms with E-state index in [4.69, 9.17) is 10.2 Å². The topological polar surface area (TPSA) is 39.2 Å². The zero-order valence-electron chi connectivity index (χ0n) is 9.81. The number of hydrogen-bond acceptors (Lipinski definition) is 3. The van der Waals surface area contributed by atoms with E-state index in [1.54, 1.807) is 11.3 Å². The first kappa shape index (κ1) is 12.0. The molecule has 1 unspecified atom stereocenters. The summed E-state index contributed by atoms with van der Waals surface area (Å²) in [6, 6.07) is 7.86. The first-order chi connectivity index (χ1) is 8.66. The quantitative estimate of drug-likeness (QED) is 0.748. The lowest BCUT2D eigenvalue weighted by atomic mass is 10.0. The second-order valence-electron chi connectivity index (χ2n) is 4.27. The van der Waals surface area contributed by atoms with Crippen molar-refractivity contribution in [3.8, 4) is 0 Å². The van der Waals surface area contributed by atoms with Crippen molar-refractivity contribution in [3.05, 3.63) is 56.4 Å². The third kappa shape index (κ3) is 1.90. The van der Waals surface area contributed by atoms with E-state index in [2.05, 4.69) is 34.3 Å². The monoisotopic (exact) mass is 321 g/mol. The summed E-state index contributed by atoms with van der Waals surface area (Å²) in [5.41, 5.74) is 9.36. The molecule has 0 radical (unpaired) electrons. The van der Waals surface area contributed by atoms with Crippen molar-refractivity contribution in [2.45, 2.75) is 13.0 Å². The number of furan rings is 1. The smallest absolute Gasteiger partial charge is 0.134 e. The predicted octanol–water partition coefficient (Wildman–Crippen LogP) is 4.61. The molecule has 1 atom stereocenters. The molecule has 92 valence electrons. The van der Waals surface area contributed by atoms with Gasteiger partial charge < -0.3 is 10.2 Å². The minimum Gasteiger partial charge on any atom is -0.459 e. The largest absolute Gasteiger partial charge is 0.459 e. The number of fused-ring (bicyclic) bond motifs is 1. The zero-order chi connectivity index (χ0) is 12.7. The van der Waals surface area contributed by atoms with Gasteiger partial charge in [0.25, 0.3) is 0 Å². The lowest BCUT2D eigenvalue weighted by Crippen LogP contribution is -2.10. The molecule has 18 heavy (non-hydrogen) atoms. The highest BCUT2D eigenvalue weighted by atomic mass is 79.9. The minimum atomic E-state index is -0.192. The van der Waals surface area contributed by atoms with Crippen molar-refractivity contribution in [1.29, 1.82) is 0 Å². The fourth-order valence-corrected chi connectivity index (χ4v) is 3.17. The third-order valence-corrected chi connectivity index (χ3v) is 4.31. The molecule has 3 rings (SSSR count). The molecule has 0 saturated heterocycles. The summed E-state index contributed by atoms with van der Waals surface area (Å²) >= 11 is 5.13. The van der Waals surface area contributed by atoms with Crippen LogP contribution in [0.2, 0.25) is 0 Å². The van der Waals surface area contributed by atoms with E-state index in [0.29, 0.717) is 0 Å². The molecule has 0 aliphatic carbocycles. The highest BCUT2D eigenvalue weighted by molar-refractivity contribution is 9.10. The summed E-state index contributed by atoms with van der Waals surface area (Å²) in [6.07, 6.45) is 0. The van der Waals surface area contributed by atoms with Crippen LogP contribution in [0.1, 0.15) is 22.9 Å². The Labute approximate surface area is 118 Å². The first-order valence-electron chi connectivity index (χ1n) is 5.63. The molecule has 0 fully saturated rings. The Kier molecular flexibility index (Phi) is 3.01. The summed E-state index contributed by atoms with van der Waals surface area (Å²) < 4.78 is 6.95. The van der Waals surface area contributed by atoms with E-state index in [-0.39, 0.29) is 6.04 Å². The van der Waals surface area contributed by atoms with E-state index >= 15 is 0 Å². The second-order valence-corrected chi connectivity index (χ2v) is 5.96. The summed E-state index contributed by atoms with van der Waals surface area (Å²) in [4.78, 5) is 0. The van der Waals surface area contributed by atoms with Gasteiger partial charge in [-0.25, -0.2) is 0 Å². The Hall–Kier alpha value is -1.10. The van der Waals surface area contributed by atoms with Crippen LogP contribution in [-0.2, 0) is 0 Å². The van der Waals surface area contributed by atoms with Gasteiger partial charge in [0.2, 0.25) is 0 Å². The molecule has 0 saturated carbocycles. The van der Waals surface area contributed by atoms with Gasteiger partial charge in [-0.2, -0.15) is 11.3 Å². The fourth-order valence-electron chi connectivity index (χ4n) is 2.11. The van der Waals surface area contributed by atoms with Gasteiger partial charge in [-0.1, -0.05) is 15.9 Å². The third-order valence-electron chi connectivity index (χ3n) is 3.12. The standard InChI is InChI=1S/C14H12BrNOS/c1-8-11-6-10(15)2-3-12(11)17-14(8)13(16)9-4-5-18-7-9/h2-7,13H,16H2,1H3. The molecule has 4 heteroatoms. The molecule has 0 spiro atoms. The molecule has 0 bridgehead atoms. The van der Waals surface area contributed by atoms with Gasteiger partial charge in [-0.3, -0.25) is 0 Å². The van der Waals surface area contributed by atoms with Crippen LogP contribution in [0.25, 0.3) is 11.0 Å². The average Bonchev–Trinajstić information content (AvgIpc) is 2.98. The Morgan fingerprint density at radius 3 is 2.89 bits per heavy atom. The highest BCUT2D eigenvalue weighted by Gasteiger charge is 2.18. The number of nitrogens with two attached hydrogens (primary N) is 1. The van der Waals surface area contributed by atoms with Gasteiger partial charge in [0, 0.05) is 15.4 Å². The van der Waals surface area contributed by atoms with Crippen molar-refractivity contribution in [2.24, 2.45) is 5.73 Å². The maximum Gasteiger partial charge on any atom is 0.134 e. The Balaban J connectivity index is 2.15. The van der Waals surface area contributed by atoms with Gasteiger partial charge in [0.05, 0.1) is 6.04 Å². The number of hydrogen-bond donors (Lipinski definition) is 1. The van der Waals surface area contributed by atoms with Crippen molar-refractivity contribution < 1.29 is 4.42 Å². The van der Waals surface area contributed by atoms with E-state index in [9.17, 15) is 0 Å². The molecule has 0 aliphatic heterocycles. The average molecular weight is 322 g/mol. The molecular weight excluding hydrogens is 310 g/mol. The molecule has 2 aromatic heterocycles. The predicted molar refractivity (Wildman–Crippen MR) is 79.0 cm³/mol. The van der Waals surface area contributed by atoms with Crippen LogP contribution in [0.5, 0.6) is 0 Å². The lowest BCUT2D eigenvalue weighted by Gasteiger charge is -2.07. The number of thiophene rings is 1. The first-order valence-corrected chi connectivity index (χ1v) is 7.36. The van der Waals surface area contributed by atoms with E-state index in [1.165, 1.54) is 0 Å². The summed E-state index contributed by atoms with van der Waals surface area (Å²) in [5.74, 6) is 0.849. The molecule has 1 aromatic carbocycles. The van der Waals surface area contributed by atoms with Crippen LogP contribution >= 0.6 is 27.3 Å². The molecular formula is C14H12BrNOS. The molecule has 2 heterocycles. The molecule has 2 nitrogen and oxygen atoms in total. The second kappa shape index (κ2) is 4.53. The van der Waals surface area contributed by atoms with Crippen LogP contribution in [0.15, 0.2) is 43.9 Å². The van der Waals surface area contributed by atoms with Gasteiger partial charge in [-0.15, -0.1) is 0 Å². The fraction of sp³-hybridized carbons (Fsp3) is 0.143. The lowest BCUT2D eigenvalue weighted by molar-refractivity contribution is 0.521. The Bertz CT molecular complexity index is 687. The SMILES string of the molecule is Cc1c(C(N)c2ccsc2)oc2ccc(Br)cc12. The highest BCUT2D eigenvalue weighted by Crippen LogP contribution is 2.33. The van der Waals surface area contributed by atoms with Crippen molar-refractivity contribution in [2.75, 3.05) is 0 Å². The van der Waals surface area contributed by atoms with Gasteiger partial charge in [0.1, 0.15) is 11.3 Å². The summed E-state index contributed by atoms with van der Waals surface area (Å²) in [6.45, 7) is 2.06. The van der Waals surface area contributed by atoms with Gasteiger partial charge in [-0.05, 0) is 47.5 Å². The number of benzene rings is 1. The Morgan fingerprint density at radius 1 is 1.33 bits per heavy atom. The summed E-state index contributed by atoms with van der Waals surface area (Å²) in [5, 5.41) is 5.21. The zero-order valence-corrected chi connectivity index (χ0v) is 12.2. The molecule has 2 N–H and O–H groups in total. The maximum absolute atomic E-state index is 6.26. The minimum absolute atomic E-state index is 0.192. The van der Waals surface area contributed by atoms with Gasteiger partial charge >= 0.3 is 0 Å². The normalized spacial score (nSPS) is 13.1. The van der Waals surface area contributed by atoms with Crippen LogP contribution in [0.3, 0.4) is 0 Å². The molecule has 3 aromatic rings. The molecule has 0 aliphatic rings. The summed E-state index contributed by atoms with van der Waals surface area (Å²) in [7, 11) is 0. The number of halogens is 1. The van der Waals surface area contributed by atoms with Crippen LogP contribution < -0.4 is 5.73 Å². The maximum atomic E-state index is 6.26. The van der Waals surface area contributed by atoms with E-state index in [0.717, 1.165) is 32.3 Å². The van der Waals surface area contributed by atoms with Crippen molar-refractivity contribution >= 4 is 38.2 Å². The van der Waals surface area contributed by atoms with Crippen molar-refractivity contribution in [1.82, 2.24) is 0 Å². The van der Waals surface area contributed by atoms with Crippen LogP contribution in [0.4, 0.5) is 0 Å². The number of rotatable bonds is 2. The van der Waals surface area contributed by atoms with Crippen LogP contribution in [-0.4, -0.2) is 0 Å². The molecule has 0 amide bonds. The van der Waals surface area contributed by atoms with Crippen LogP contribution in [0, 0.1) is 6.92 Å². The Morgan fingerprint density at radius 2 is 2.17 bits per heavy atom. The van der Waals surface area contributed by atoms with E-state index in [1.807, 2.05) is 23.6 Å². The van der Waals surface area contributed by atoms with Gasteiger partial charge in [0.15, 0.2) is 0 Å².